The summed E-state index contributed by atoms with van der Waals surface area (Å²) in [6.07, 6.45) is 8.49. The van der Waals surface area contributed by atoms with E-state index in [1.54, 1.807) is 0 Å². The van der Waals surface area contributed by atoms with E-state index in [1.807, 2.05) is 0 Å². The van der Waals surface area contributed by atoms with Gasteiger partial charge in [0.05, 0.1) is 0 Å². The molecule has 0 saturated heterocycles. The van der Waals surface area contributed by atoms with Crippen molar-refractivity contribution in [1.82, 2.24) is 0 Å². The Kier molecular flexibility index (Phi) is 2.16. The Morgan fingerprint density at radius 2 is 2.00 bits per heavy atom. The maximum atomic E-state index is 9.11. The normalized spacial score (nSPS) is 42.0. The Balaban J connectivity index is 1.75. The maximum Gasteiger partial charge on any atom is 0.0487 e. The van der Waals surface area contributed by atoms with Gasteiger partial charge in [0.25, 0.3) is 0 Å². The zero-order valence-electron chi connectivity index (χ0n) is 8.05. The first-order valence-electron chi connectivity index (χ1n) is 5.35. The van der Waals surface area contributed by atoms with Crippen LogP contribution in [0.25, 0.3) is 0 Å². The predicted octanol–water partition coefficient (Wildman–Crippen LogP) is 2.59. The molecule has 2 atom stereocenters. The van der Waals surface area contributed by atoms with Crippen molar-refractivity contribution in [2.24, 2.45) is 17.3 Å². The molecule has 0 bridgehead atoms. The van der Waals surface area contributed by atoms with Crippen LogP contribution in [0.3, 0.4) is 0 Å². The highest BCUT2D eigenvalue weighted by Crippen LogP contribution is 2.56. The van der Waals surface area contributed by atoms with Gasteiger partial charge in [-0.25, -0.2) is 0 Å². The molecule has 70 valence electrons. The van der Waals surface area contributed by atoms with Crippen LogP contribution in [0.2, 0.25) is 0 Å². The summed E-state index contributed by atoms with van der Waals surface area (Å²) in [5.74, 6) is 1.86. The molecular formula is C11H20O. The molecule has 1 nitrogen and oxygen atoms in total. The Morgan fingerprint density at radius 1 is 1.33 bits per heavy atom. The van der Waals surface area contributed by atoms with E-state index in [2.05, 4.69) is 6.92 Å². The Bertz CT molecular complexity index is 160. The summed E-state index contributed by atoms with van der Waals surface area (Å²) >= 11 is 0. The van der Waals surface area contributed by atoms with E-state index in [0.717, 1.165) is 11.8 Å². The molecular weight excluding hydrogens is 148 g/mol. The molecule has 1 N–H and O–H groups in total. The van der Waals surface area contributed by atoms with Crippen LogP contribution in [0, 0.1) is 17.3 Å². The monoisotopic (exact) mass is 168 g/mol. The summed E-state index contributed by atoms with van der Waals surface area (Å²) in [6, 6.07) is 0. The van der Waals surface area contributed by atoms with E-state index < -0.39 is 0 Å². The van der Waals surface area contributed by atoms with E-state index in [0.29, 0.717) is 12.0 Å². The summed E-state index contributed by atoms with van der Waals surface area (Å²) < 4.78 is 0. The van der Waals surface area contributed by atoms with E-state index in [1.165, 1.54) is 38.5 Å². The molecule has 1 heteroatoms. The average Bonchev–Trinajstić information content (AvgIpc) is 2.52. The summed E-state index contributed by atoms with van der Waals surface area (Å²) in [6.45, 7) is 2.64. The van der Waals surface area contributed by atoms with Crippen molar-refractivity contribution in [2.45, 2.75) is 45.4 Å². The van der Waals surface area contributed by atoms with E-state index in [4.69, 9.17) is 5.11 Å². The standard InChI is InChI=1S/C11H20O/c1-11(8-12)7-10(11)6-9-4-2-3-5-9/h9-10,12H,2-8H2,1H3. The molecule has 0 aliphatic heterocycles. The van der Waals surface area contributed by atoms with Crippen LogP contribution in [0.5, 0.6) is 0 Å². The number of hydrogen-bond donors (Lipinski definition) is 1. The molecule has 0 spiro atoms. The second-order valence-corrected chi connectivity index (χ2v) is 5.10. The van der Waals surface area contributed by atoms with Crippen molar-refractivity contribution < 1.29 is 5.11 Å². The number of hydrogen-bond acceptors (Lipinski definition) is 1. The fraction of sp³-hybridized carbons (Fsp3) is 1.00. The van der Waals surface area contributed by atoms with Gasteiger partial charge in [-0.05, 0) is 30.1 Å². The quantitative estimate of drug-likeness (QED) is 0.686. The highest BCUT2D eigenvalue weighted by molar-refractivity contribution is 4.99. The van der Waals surface area contributed by atoms with Crippen molar-refractivity contribution in [2.75, 3.05) is 6.61 Å². The Hall–Kier alpha value is -0.0400. The minimum atomic E-state index is 0.322. The third-order valence-corrected chi connectivity index (χ3v) is 3.99. The van der Waals surface area contributed by atoms with Crippen LogP contribution in [0.1, 0.15) is 45.4 Å². The lowest BCUT2D eigenvalue weighted by molar-refractivity contribution is 0.205. The number of rotatable bonds is 3. The van der Waals surface area contributed by atoms with E-state index in [-0.39, 0.29) is 0 Å². The lowest BCUT2D eigenvalue weighted by Gasteiger charge is -2.10. The molecule has 0 aromatic heterocycles. The van der Waals surface area contributed by atoms with E-state index >= 15 is 0 Å². The van der Waals surface area contributed by atoms with Gasteiger partial charge in [-0.3, -0.25) is 0 Å². The summed E-state index contributed by atoms with van der Waals surface area (Å²) in [5.41, 5.74) is 0.322. The molecule has 2 rings (SSSR count). The minimum absolute atomic E-state index is 0.322. The lowest BCUT2D eigenvalue weighted by Crippen LogP contribution is -2.06. The van der Waals surface area contributed by atoms with Crippen molar-refractivity contribution in [3.63, 3.8) is 0 Å². The van der Waals surface area contributed by atoms with Gasteiger partial charge >= 0.3 is 0 Å². The van der Waals surface area contributed by atoms with Gasteiger partial charge < -0.3 is 5.11 Å². The second-order valence-electron chi connectivity index (χ2n) is 5.10. The fourth-order valence-electron chi connectivity index (χ4n) is 2.71. The van der Waals surface area contributed by atoms with E-state index in [9.17, 15) is 0 Å². The summed E-state index contributed by atoms with van der Waals surface area (Å²) in [7, 11) is 0. The van der Waals surface area contributed by atoms with Gasteiger partial charge in [0.15, 0.2) is 0 Å². The molecule has 2 saturated carbocycles. The maximum absolute atomic E-state index is 9.11. The van der Waals surface area contributed by atoms with Crippen molar-refractivity contribution in [1.29, 1.82) is 0 Å². The smallest absolute Gasteiger partial charge is 0.0487 e. The number of aliphatic hydroxyl groups excluding tert-OH is 1. The molecule has 2 unspecified atom stereocenters. The third kappa shape index (κ3) is 1.52. The van der Waals surface area contributed by atoms with Crippen LogP contribution in [0.4, 0.5) is 0 Å². The predicted molar refractivity (Wildman–Crippen MR) is 49.9 cm³/mol. The SMILES string of the molecule is CC1(CO)CC1CC1CCCC1. The van der Waals surface area contributed by atoms with Crippen LogP contribution in [-0.2, 0) is 0 Å². The molecule has 12 heavy (non-hydrogen) atoms. The average molecular weight is 168 g/mol. The summed E-state index contributed by atoms with van der Waals surface area (Å²) in [4.78, 5) is 0. The molecule has 0 aromatic rings. The Labute approximate surface area is 75.2 Å². The van der Waals surface area contributed by atoms with Gasteiger partial charge in [0.1, 0.15) is 0 Å². The molecule has 2 aliphatic carbocycles. The minimum Gasteiger partial charge on any atom is -0.396 e. The summed E-state index contributed by atoms with van der Waals surface area (Å²) in [5, 5.41) is 9.11. The van der Waals surface area contributed by atoms with Gasteiger partial charge in [-0.2, -0.15) is 0 Å². The third-order valence-electron chi connectivity index (χ3n) is 3.99. The first kappa shape index (κ1) is 8.55. The molecule has 0 amide bonds. The Morgan fingerprint density at radius 3 is 2.50 bits per heavy atom. The lowest BCUT2D eigenvalue weighted by atomic mass is 9.96. The fourth-order valence-corrected chi connectivity index (χ4v) is 2.71. The molecule has 0 radical (unpaired) electrons. The van der Waals surface area contributed by atoms with Gasteiger partial charge in [-0.1, -0.05) is 32.6 Å². The van der Waals surface area contributed by atoms with Crippen LogP contribution in [0.15, 0.2) is 0 Å². The molecule has 0 aromatic carbocycles. The largest absolute Gasteiger partial charge is 0.396 e. The van der Waals surface area contributed by atoms with Gasteiger partial charge in [0, 0.05) is 6.61 Å². The van der Waals surface area contributed by atoms with Crippen molar-refractivity contribution in [3.05, 3.63) is 0 Å². The van der Waals surface area contributed by atoms with Gasteiger partial charge in [-0.15, -0.1) is 0 Å². The first-order valence-corrected chi connectivity index (χ1v) is 5.35. The zero-order valence-corrected chi connectivity index (χ0v) is 8.05. The molecule has 2 fully saturated rings. The molecule has 2 aliphatic rings. The highest BCUT2D eigenvalue weighted by Gasteiger charge is 2.49. The van der Waals surface area contributed by atoms with Crippen LogP contribution < -0.4 is 0 Å². The van der Waals surface area contributed by atoms with Crippen molar-refractivity contribution >= 4 is 0 Å². The van der Waals surface area contributed by atoms with Crippen LogP contribution >= 0.6 is 0 Å². The zero-order chi connectivity index (χ0) is 8.60. The van der Waals surface area contributed by atoms with Crippen LogP contribution in [-0.4, -0.2) is 11.7 Å². The molecule has 0 heterocycles. The first-order chi connectivity index (χ1) is 5.74. The number of aliphatic hydroxyl groups is 1. The highest BCUT2D eigenvalue weighted by atomic mass is 16.3. The van der Waals surface area contributed by atoms with Gasteiger partial charge in [0.2, 0.25) is 0 Å². The topological polar surface area (TPSA) is 20.2 Å². The van der Waals surface area contributed by atoms with Crippen molar-refractivity contribution in [3.8, 4) is 0 Å². The second kappa shape index (κ2) is 3.02.